The molecular formula is C21H16N6O3. The zero-order valence-corrected chi connectivity index (χ0v) is 15.7. The molecule has 0 spiro atoms. The van der Waals surface area contributed by atoms with Gasteiger partial charge in [-0.15, -0.1) is 0 Å². The van der Waals surface area contributed by atoms with Crippen molar-refractivity contribution in [3.63, 3.8) is 0 Å². The van der Waals surface area contributed by atoms with Crippen LogP contribution in [-0.2, 0) is 11.3 Å². The van der Waals surface area contributed by atoms with Crippen molar-refractivity contribution in [2.45, 2.75) is 6.54 Å². The number of aromatic nitrogens is 4. The van der Waals surface area contributed by atoms with Gasteiger partial charge in [0.1, 0.15) is 12.4 Å². The number of benzene rings is 2. The number of H-pyrrole nitrogens is 1. The maximum atomic E-state index is 12.5. The highest BCUT2D eigenvalue weighted by Crippen LogP contribution is 2.28. The molecule has 1 aliphatic rings. The number of fused-ring (bicyclic) bond motifs is 2. The SMILES string of the molecule is O=C(O)CN1Cc2ccc(-c3nccc(Nc4ccc5[nH]ncc5c4)n3)cc2C1=O. The number of carboxylic acids is 1. The average Bonchev–Trinajstić information content (AvgIpc) is 3.32. The number of nitrogens with zero attached hydrogens (tertiary/aromatic N) is 4. The zero-order chi connectivity index (χ0) is 20.7. The number of amides is 1. The molecule has 3 N–H and O–H groups in total. The second-order valence-electron chi connectivity index (χ2n) is 6.99. The summed E-state index contributed by atoms with van der Waals surface area (Å²) in [5, 5.41) is 20.1. The van der Waals surface area contributed by atoms with E-state index in [1.165, 1.54) is 4.90 Å². The Labute approximate surface area is 170 Å². The van der Waals surface area contributed by atoms with Crippen molar-refractivity contribution >= 4 is 34.3 Å². The minimum atomic E-state index is -1.04. The Bertz CT molecular complexity index is 1300. The Kier molecular flexibility index (Phi) is 4.13. The van der Waals surface area contributed by atoms with Gasteiger partial charge in [0.2, 0.25) is 0 Å². The number of hydrogen-bond acceptors (Lipinski definition) is 6. The van der Waals surface area contributed by atoms with Crippen molar-refractivity contribution in [1.82, 2.24) is 25.1 Å². The molecule has 0 saturated heterocycles. The fraction of sp³-hybridized carbons (Fsp3) is 0.0952. The first-order chi connectivity index (χ1) is 14.6. The Morgan fingerprint density at radius 1 is 1.20 bits per heavy atom. The van der Waals surface area contributed by atoms with Gasteiger partial charge in [0.05, 0.1) is 11.7 Å². The first-order valence-corrected chi connectivity index (χ1v) is 9.24. The molecule has 1 aliphatic heterocycles. The lowest BCUT2D eigenvalue weighted by molar-refractivity contribution is -0.137. The van der Waals surface area contributed by atoms with Gasteiger partial charge < -0.3 is 15.3 Å². The molecule has 3 heterocycles. The van der Waals surface area contributed by atoms with Crippen molar-refractivity contribution in [3.05, 3.63) is 66.0 Å². The van der Waals surface area contributed by atoms with Gasteiger partial charge in [0.15, 0.2) is 5.82 Å². The number of carbonyl (C=O) groups excluding carboxylic acids is 1. The quantitative estimate of drug-likeness (QED) is 0.470. The molecule has 0 radical (unpaired) electrons. The topological polar surface area (TPSA) is 124 Å². The van der Waals surface area contributed by atoms with E-state index in [2.05, 4.69) is 25.5 Å². The molecule has 4 aromatic rings. The van der Waals surface area contributed by atoms with E-state index in [4.69, 9.17) is 5.11 Å². The fourth-order valence-corrected chi connectivity index (χ4v) is 3.53. The van der Waals surface area contributed by atoms with Crippen LogP contribution in [0, 0.1) is 0 Å². The highest BCUT2D eigenvalue weighted by atomic mass is 16.4. The number of carbonyl (C=O) groups is 2. The predicted octanol–water partition coefficient (Wildman–Crippen LogP) is 2.80. The molecule has 2 aromatic heterocycles. The Hall–Kier alpha value is -4.27. The molecule has 148 valence electrons. The summed E-state index contributed by atoms with van der Waals surface area (Å²) in [4.78, 5) is 33.7. The van der Waals surface area contributed by atoms with Crippen LogP contribution in [0.15, 0.2) is 54.9 Å². The van der Waals surface area contributed by atoms with Crippen molar-refractivity contribution in [1.29, 1.82) is 0 Å². The molecule has 0 unspecified atom stereocenters. The second-order valence-corrected chi connectivity index (χ2v) is 6.99. The number of nitrogens with one attached hydrogen (secondary N) is 2. The molecule has 9 heteroatoms. The van der Waals surface area contributed by atoms with Gasteiger partial charge >= 0.3 is 5.97 Å². The molecule has 0 fully saturated rings. The first-order valence-electron chi connectivity index (χ1n) is 9.24. The highest BCUT2D eigenvalue weighted by molar-refractivity contribution is 6.00. The summed E-state index contributed by atoms with van der Waals surface area (Å²) in [5.74, 6) is -0.247. The van der Waals surface area contributed by atoms with Gasteiger partial charge in [-0.05, 0) is 35.9 Å². The molecule has 0 saturated carbocycles. The van der Waals surface area contributed by atoms with E-state index in [9.17, 15) is 9.59 Å². The smallest absolute Gasteiger partial charge is 0.323 e. The van der Waals surface area contributed by atoms with Crippen LogP contribution in [0.2, 0.25) is 0 Å². The van der Waals surface area contributed by atoms with E-state index < -0.39 is 5.97 Å². The number of aromatic amines is 1. The van der Waals surface area contributed by atoms with Gasteiger partial charge in [0.25, 0.3) is 5.91 Å². The monoisotopic (exact) mass is 400 g/mol. The fourth-order valence-electron chi connectivity index (χ4n) is 3.53. The van der Waals surface area contributed by atoms with Gasteiger partial charge in [-0.1, -0.05) is 12.1 Å². The summed E-state index contributed by atoms with van der Waals surface area (Å²) < 4.78 is 0. The van der Waals surface area contributed by atoms with E-state index >= 15 is 0 Å². The minimum Gasteiger partial charge on any atom is -0.480 e. The molecule has 0 aliphatic carbocycles. The van der Waals surface area contributed by atoms with Crippen molar-refractivity contribution in [3.8, 4) is 11.4 Å². The summed E-state index contributed by atoms with van der Waals surface area (Å²) in [6.07, 6.45) is 3.40. The van der Waals surface area contributed by atoms with E-state index in [-0.39, 0.29) is 12.5 Å². The summed E-state index contributed by atoms with van der Waals surface area (Å²) in [6, 6.07) is 13.0. The standard InChI is InChI=1S/C21H16N6O3/c28-19(29)11-27-10-13-2-1-12(8-16(13)21(27)30)20-22-6-5-18(25-20)24-15-3-4-17-14(7-15)9-23-26-17/h1-9H,10-11H2,(H,23,26)(H,28,29)(H,22,24,25). The molecular weight excluding hydrogens is 384 g/mol. The van der Waals surface area contributed by atoms with Crippen LogP contribution in [-0.4, -0.2) is 48.6 Å². The van der Waals surface area contributed by atoms with E-state index in [1.807, 2.05) is 30.3 Å². The number of carboxylic acid groups (broad SMARTS) is 1. The van der Waals surface area contributed by atoms with Crippen LogP contribution in [0.3, 0.4) is 0 Å². The van der Waals surface area contributed by atoms with Crippen molar-refractivity contribution < 1.29 is 14.7 Å². The third kappa shape index (κ3) is 3.22. The highest BCUT2D eigenvalue weighted by Gasteiger charge is 2.29. The third-order valence-corrected chi connectivity index (χ3v) is 4.94. The average molecular weight is 400 g/mol. The summed E-state index contributed by atoms with van der Waals surface area (Å²) in [7, 11) is 0. The molecule has 0 atom stereocenters. The predicted molar refractivity (Wildman–Crippen MR) is 109 cm³/mol. The van der Waals surface area contributed by atoms with Gasteiger partial charge in [0, 0.05) is 34.9 Å². The molecule has 0 bridgehead atoms. The molecule has 1 amide bonds. The van der Waals surface area contributed by atoms with Crippen LogP contribution in [0.4, 0.5) is 11.5 Å². The molecule has 9 nitrogen and oxygen atoms in total. The van der Waals surface area contributed by atoms with E-state index in [0.717, 1.165) is 22.2 Å². The lowest BCUT2D eigenvalue weighted by atomic mass is 10.1. The van der Waals surface area contributed by atoms with Gasteiger partial charge in [-0.2, -0.15) is 5.10 Å². The zero-order valence-electron chi connectivity index (χ0n) is 15.7. The lowest BCUT2D eigenvalue weighted by Gasteiger charge is -2.11. The Balaban J connectivity index is 1.41. The molecule has 5 rings (SSSR count). The number of rotatable bonds is 5. The third-order valence-electron chi connectivity index (χ3n) is 4.94. The largest absolute Gasteiger partial charge is 0.480 e. The summed E-state index contributed by atoms with van der Waals surface area (Å²) in [6.45, 7) is -0.0283. The maximum absolute atomic E-state index is 12.5. The molecule has 30 heavy (non-hydrogen) atoms. The summed E-state index contributed by atoms with van der Waals surface area (Å²) >= 11 is 0. The van der Waals surface area contributed by atoms with E-state index in [1.54, 1.807) is 24.5 Å². The van der Waals surface area contributed by atoms with Crippen LogP contribution < -0.4 is 5.32 Å². The normalized spacial score (nSPS) is 12.9. The Morgan fingerprint density at radius 3 is 2.97 bits per heavy atom. The number of hydrogen-bond donors (Lipinski definition) is 3. The number of anilines is 2. The van der Waals surface area contributed by atoms with Crippen LogP contribution in [0.5, 0.6) is 0 Å². The van der Waals surface area contributed by atoms with Gasteiger partial charge in [-0.3, -0.25) is 14.7 Å². The van der Waals surface area contributed by atoms with Crippen LogP contribution in [0.1, 0.15) is 15.9 Å². The summed E-state index contributed by atoms with van der Waals surface area (Å²) in [5.41, 5.74) is 3.78. The number of aliphatic carboxylic acids is 1. The second kappa shape index (κ2) is 6.96. The van der Waals surface area contributed by atoms with E-state index in [0.29, 0.717) is 29.3 Å². The van der Waals surface area contributed by atoms with Crippen molar-refractivity contribution in [2.75, 3.05) is 11.9 Å². The Morgan fingerprint density at radius 2 is 2.10 bits per heavy atom. The lowest BCUT2D eigenvalue weighted by Crippen LogP contribution is -2.29. The van der Waals surface area contributed by atoms with Gasteiger partial charge in [-0.25, -0.2) is 9.97 Å². The van der Waals surface area contributed by atoms with Crippen LogP contribution >= 0.6 is 0 Å². The minimum absolute atomic E-state index is 0.291. The maximum Gasteiger partial charge on any atom is 0.323 e. The van der Waals surface area contributed by atoms with Crippen LogP contribution in [0.25, 0.3) is 22.3 Å². The first kappa shape index (κ1) is 17.8. The molecule has 2 aromatic carbocycles. The van der Waals surface area contributed by atoms with Crippen molar-refractivity contribution in [2.24, 2.45) is 0 Å².